The van der Waals surface area contributed by atoms with Crippen LogP contribution in [0.4, 0.5) is 0 Å². The lowest BCUT2D eigenvalue weighted by molar-refractivity contribution is -0.167. The van der Waals surface area contributed by atoms with Crippen LogP contribution in [0.1, 0.15) is 265 Å². The maximum Gasteiger partial charge on any atom is 0.306 e. The fraction of sp³-hybridized carbons (Fsp3) is 0.721. The van der Waals surface area contributed by atoms with Crippen molar-refractivity contribution in [3.63, 3.8) is 0 Å². The van der Waals surface area contributed by atoms with E-state index in [1.165, 1.54) is 128 Å². The topological polar surface area (TPSA) is 78.9 Å². The average Bonchev–Trinajstić information content (AvgIpc) is 3.33. The molecule has 0 saturated heterocycles. The molecule has 0 aliphatic carbocycles. The highest BCUT2D eigenvalue weighted by molar-refractivity contribution is 5.71. The van der Waals surface area contributed by atoms with Crippen LogP contribution in [0.2, 0.25) is 0 Å². The van der Waals surface area contributed by atoms with Gasteiger partial charge < -0.3 is 14.2 Å². The lowest BCUT2D eigenvalue weighted by Crippen LogP contribution is -2.30. The van der Waals surface area contributed by atoms with Crippen molar-refractivity contribution in [2.45, 2.75) is 271 Å². The van der Waals surface area contributed by atoms with E-state index in [2.05, 4.69) is 87.6 Å². The second-order valence-electron chi connectivity index (χ2n) is 18.6. The summed E-state index contributed by atoms with van der Waals surface area (Å²) in [6.07, 6.45) is 71.4. The number of unbranched alkanes of at least 4 members (excludes halogenated alkanes) is 30. The van der Waals surface area contributed by atoms with Gasteiger partial charge in [0.15, 0.2) is 6.10 Å². The predicted molar refractivity (Wildman–Crippen MR) is 288 cm³/mol. The number of hydrogen-bond acceptors (Lipinski definition) is 6. The van der Waals surface area contributed by atoms with Gasteiger partial charge >= 0.3 is 17.9 Å². The van der Waals surface area contributed by atoms with Crippen molar-refractivity contribution in [2.75, 3.05) is 13.2 Å². The molecule has 0 heterocycles. The average molecular weight is 933 g/mol. The molecule has 0 rings (SSSR count). The highest BCUT2D eigenvalue weighted by atomic mass is 16.6. The third kappa shape index (κ3) is 53.4. The molecule has 0 saturated carbocycles. The molecule has 0 aromatic rings. The summed E-state index contributed by atoms with van der Waals surface area (Å²) < 4.78 is 16.8. The van der Waals surface area contributed by atoms with E-state index in [9.17, 15) is 14.4 Å². The van der Waals surface area contributed by atoms with Crippen molar-refractivity contribution >= 4 is 17.9 Å². The Morgan fingerprint density at radius 3 is 0.910 bits per heavy atom. The highest BCUT2D eigenvalue weighted by Gasteiger charge is 2.19. The van der Waals surface area contributed by atoms with Crippen LogP contribution in [0, 0.1) is 0 Å². The van der Waals surface area contributed by atoms with Crippen LogP contribution in [0.15, 0.2) is 85.1 Å². The summed E-state index contributed by atoms with van der Waals surface area (Å²) in [6, 6.07) is 0. The van der Waals surface area contributed by atoms with E-state index in [0.717, 1.165) is 96.3 Å². The Morgan fingerprint density at radius 2 is 0.582 bits per heavy atom. The summed E-state index contributed by atoms with van der Waals surface area (Å²) in [6.45, 7) is 6.36. The van der Waals surface area contributed by atoms with Crippen molar-refractivity contribution in [1.29, 1.82) is 0 Å². The summed E-state index contributed by atoms with van der Waals surface area (Å²) in [5, 5.41) is 0. The molecule has 0 N–H and O–H groups in total. The summed E-state index contributed by atoms with van der Waals surface area (Å²) in [4.78, 5) is 38.1. The van der Waals surface area contributed by atoms with Crippen LogP contribution < -0.4 is 0 Å². The fourth-order valence-corrected chi connectivity index (χ4v) is 7.87. The third-order valence-corrected chi connectivity index (χ3v) is 12.1. The van der Waals surface area contributed by atoms with E-state index < -0.39 is 6.10 Å². The van der Waals surface area contributed by atoms with Crippen LogP contribution in [0.3, 0.4) is 0 Å². The zero-order valence-electron chi connectivity index (χ0n) is 43.9. The van der Waals surface area contributed by atoms with E-state index in [-0.39, 0.29) is 31.1 Å². The SMILES string of the molecule is CC\C=C/C=C\C=C/C=C\CCCCCCCC(=O)OC(COC(=O)CCCCCCCCC\C=C/C=C\C=C/CC)COC(=O)CCCCCCCCCCCCCCCCCCCCC. The van der Waals surface area contributed by atoms with Crippen LogP contribution in [-0.2, 0) is 28.6 Å². The fourth-order valence-electron chi connectivity index (χ4n) is 7.87. The Balaban J connectivity index is 4.39. The molecule has 6 heteroatoms. The van der Waals surface area contributed by atoms with Gasteiger partial charge in [-0.1, -0.05) is 273 Å². The summed E-state index contributed by atoms with van der Waals surface area (Å²) in [7, 11) is 0. The Morgan fingerprint density at radius 1 is 0.313 bits per heavy atom. The van der Waals surface area contributed by atoms with Crippen molar-refractivity contribution < 1.29 is 28.6 Å². The molecule has 0 aliphatic rings. The first-order chi connectivity index (χ1) is 33.0. The number of hydrogen-bond donors (Lipinski definition) is 0. The number of rotatable bonds is 50. The van der Waals surface area contributed by atoms with E-state index >= 15 is 0 Å². The van der Waals surface area contributed by atoms with Gasteiger partial charge in [0.05, 0.1) is 0 Å². The third-order valence-electron chi connectivity index (χ3n) is 12.1. The molecule has 384 valence electrons. The van der Waals surface area contributed by atoms with Crippen molar-refractivity contribution in [3.05, 3.63) is 85.1 Å². The molecule has 0 aromatic heterocycles. The first-order valence-corrected chi connectivity index (χ1v) is 28.2. The van der Waals surface area contributed by atoms with Gasteiger partial charge in [-0.3, -0.25) is 14.4 Å². The molecule has 0 aliphatic heterocycles. The normalized spacial score (nSPS) is 12.7. The van der Waals surface area contributed by atoms with E-state index in [1.807, 2.05) is 18.2 Å². The van der Waals surface area contributed by atoms with Gasteiger partial charge in [0.1, 0.15) is 13.2 Å². The Labute approximate surface area is 414 Å². The molecular formula is C61H104O6. The van der Waals surface area contributed by atoms with E-state index in [0.29, 0.717) is 19.3 Å². The first kappa shape index (κ1) is 63.6. The van der Waals surface area contributed by atoms with Crippen LogP contribution in [-0.4, -0.2) is 37.2 Å². The van der Waals surface area contributed by atoms with Gasteiger partial charge in [-0.15, -0.1) is 0 Å². The van der Waals surface area contributed by atoms with Crippen LogP contribution in [0.25, 0.3) is 0 Å². The second kappa shape index (κ2) is 55.2. The predicted octanol–water partition coefficient (Wildman–Crippen LogP) is 18.8. The molecule has 0 spiro atoms. The Bertz CT molecular complexity index is 1300. The standard InChI is InChI=1S/C61H104O6/c1-4-7-10-13-16-19-22-25-28-29-30-31-34-36-39-42-45-48-51-54-60(63)66-57-58(67-61(64)55-52-49-46-43-40-37-33-27-24-21-18-15-12-9-6-3)56-65-59(62)53-50-47-44-41-38-35-32-26-23-20-17-14-11-8-5-2/h8-9,11-12,14-15,17-18,20-21,23-24,27,33,58H,4-7,10,13,16,19,22,25-26,28-32,34-57H2,1-3H3/b11-8-,12-9-,17-14-,18-15-,23-20-,24-21-,33-27-. The number of ether oxygens (including phenoxy) is 3. The van der Waals surface area contributed by atoms with E-state index in [1.54, 1.807) is 0 Å². The van der Waals surface area contributed by atoms with Crippen molar-refractivity contribution in [1.82, 2.24) is 0 Å². The van der Waals surface area contributed by atoms with Crippen LogP contribution >= 0.6 is 0 Å². The van der Waals surface area contributed by atoms with Crippen LogP contribution in [0.5, 0.6) is 0 Å². The smallest absolute Gasteiger partial charge is 0.306 e. The first-order valence-electron chi connectivity index (χ1n) is 28.2. The quantitative estimate of drug-likeness (QED) is 0.0262. The molecule has 0 bridgehead atoms. The molecule has 0 fully saturated rings. The Kier molecular flexibility index (Phi) is 52.4. The van der Waals surface area contributed by atoms with E-state index in [4.69, 9.17) is 14.2 Å². The van der Waals surface area contributed by atoms with Gasteiger partial charge in [-0.25, -0.2) is 0 Å². The highest BCUT2D eigenvalue weighted by Crippen LogP contribution is 2.16. The number of carbonyl (C=O) groups excluding carboxylic acids is 3. The molecule has 1 atom stereocenters. The monoisotopic (exact) mass is 933 g/mol. The number of esters is 3. The van der Waals surface area contributed by atoms with Crippen molar-refractivity contribution in [2.24, 2.45) is 0 Å². The Hall–Kier alpha value is -3.41. The summed E-state index contributed by atoms with van der Waals surface area (Å²) in [5.74, 6) is -0.918. The maximum absolute atomic E-state index is 12.8. The molecule has 0 radical (unpaired) electrons. The maximum atomic E-state index is 12.8. The molecule has 0 aromatic carbocycles. The molecule has 6 nitrogen and oxygen atoms in total. The molecule has 67 heavy (non-hydrogen) atoms. The van der Waals surface area contributed by atoms with Gasteiger partial charge in [-0.2, -0.15) is 0 Å². The summed E-state index contributed by atoms with van der Waals surface area (Å²) in [5.41, 5.74) is 0. The van der Waals surface area contributed by atoms with Gasteiger partial charge in [0.2, 0.25) is 0 Å². The zero-order chi connectivity index (χ0) is 48.6. The zero-order valence-corrected chi connectivity index (χ0v) is 43.9. The molecule has 1 unspecified atom stereocenters. The second-order valence-corrected chi connectivity index (χ2v) is 18.6. The minimum absolute atomic E-state index is 0.0886. The minimum atomic E-state index is -0.793. The van der Waals surface area contributed by atoms with Gasteiger partial charge in [0, 0.05) is 19.3 Å². The van der Waals surface area contributed by atoms with Gasteiger partial charge in [-0.05, 0) is 57.8 Å². The lowest BCUT2D eigenvalue weighted by Gasteiger charge is -2.18. The number of carbonyl (C=O) groups is 3. The summed E-state index contributed by atoms with van der Waals surface area (Å²) >= 11 is 0. The van der Waals surface area contributed by atoms with Crippen molar-refractivity contribution in [3.8, 4) is 0 Å². The minimum Gasteiger partial charge on any atom is -0.462 e. The lowest BCUT2D eigenvalue weighted by atomic mass is 10.0. The largest absolute Gasteiger partial charge is 0.462 e. The molecule has 0 amide bonds. The number of allylic oxidation sites excluding steroid dienone is 14. The molecular weight excluding hydrogens is 829 g/mol. The van der Waals surface area contributed by atoms with Gasteiger partial charge in [0.25, 0.3) is 0 Å².